The summed E-state index contributed by atoms with van der Waals surface area (Å²) >= 11 is 0. The molecule has 0 heterocycles. The normalized spacial score (nSPS) is 26.2. The zero-order valence-electron chi connectivity index (χ0n) is 13.5. The van der Waals surface area contributed by atoms with Gasteiger partial charge in [0, 0.05) is 19.2 Å². The first kappa shape index (κ1) is 17.1. The highest BCUT2D eigenvalue weighted by atomic mass is 28.4. The molecule has 1 saturated carbocycles. The Morgan fingerprint density at radius 3 is 2.47 bits per heavy atom. The third-order valence-electron chi connectivity index (χ3n) is 4.70. The summed E-state index contributed by atoms with van der Waals surface area (Å²) in [6, 6.07) is 0.473. The van der Waals surface area contributed by atoms with Crippen LogP contribution in [0.2, 0.25) is 18.1 Å². The number of hydrogen-bond acceptors (Lipinski definition) is 3. The van der Waals surface area contributed by atoms with Crippen molar-refractivity contribution in [3.8, 4) is 0 Å². The number of nitrogens with one attached hydrogen (secondary N) is 1. The number of aliphatic hydroxyl groups excluding tert-OH is 1. The molecule has 0 aromatic carbocycles. The fraction of sp³-hybridized carbons (Fsp3) is 1.00. The number of rotatable bonds is 5. The van der Waals surface area contributed by atoms with E-state index in [0.717, 1.165) is 26.0 Å². The monoisotopic (exact) mass is 287 g/mol. The summed E-state index contributed by atoms with van der Waals surface area (Å²) in [6.07, 6.45) is 5.36. The molecule has 114 valence electrons. The van der Waals surface area contributed by atoms with Gasteiger partial charge in [-0.3, -0.25) is 0 Å². The summed E-state index contributed by atoms with van der Waals surface area (Å²) in [5.74, 6) is 0. The van der Waals surface area contributed by atoms with Gasteiger partial charge in [-0.2, -0.15) is 0 Å². The molecule has 2 atom stereocenters. The lowest BCUT2D eigenvalue weighted by Crippen LogP contribution is -2.43. The van der Waals surface area contributed by atoms with E-state index in [1.54, 1.807) is 0 Å². The molecular weight excluding hydrogens is 254 g/mol. The van der Waals surface area contributed by atoms with Crippen LogP contribution < -0.4 is 5.32 Å². The van der Waals surface area contributed by atoms with Crippen LogP contribution >= 0.6 is 0 Å². The maximum absolute atomic E-state index is 9.79. The fourth-order valence-corrected chi connectivity index (χ4v) is 3.35. The van der Waals surface area contributed by atoms with Crippen LogP contribution in [0.5, 0.6) is 0 Å². The van der Waals surface area contributed by atoms with Gasteiger partial charge >= 0.3 is 0 Å². The molecule has 0 saturated heterocycles. The van der Waals surface area contributed by atoms with E-state index in [9.17, 15) is 5.11 Å². The molecule has 19 heavy (non-hydrogen) atoms. The topological polar surface area (TPSA) is 41.5 Å². The van der Waals surface area contributed by atoms with Crippen LogP contribution in [0.15, 0.2) is 0 Å². The first-order chi connectivity index (χ1) is 8.72. The van der Waals surface area contributed by atoms with E-state index in [2.05, 4.69) is 39.2 Å². The maximum Gasteiger partial charge on any atom is 0.192 e. The predicted octanol–water partition coefficient (Wildman–Crippen LogP) is 3.29. The first-order valence-corrected chi connectivity index (χ1v) is 10.7. The summed E-state index contributed by atoms with van der Waals surface area (Å²) in [6.45, 7) is 13.1. The quantitative estimate of drug-likeness (QED) is 0.463. The largest absolute Gasteiger partial charge is 0.416 e. The van der Waals surface area contributed by atoms with Crippen molar-refractivity contribution in [2.24, 2.45) is 0 Å². The van der Waals surface area contributed by atoms with Crippen molar-refractivity contribution in [2.45, 2.75) is 83.2 Å². The van der Waals surface area contributed by atoms with Crippen LogP contribution in [0.4, 0.5) is 0 Å². The Balaban J connectivity index is 2.23. The molecule has 0 radical (unpaired) electrons. The third kappa shape index (κ3) is 5.94. The second-order valence-electron chi connectivity index (χ2n) is 7.43. The van der Waals surface area contributed by atoms with Crippen LogP contribution in [0.25, 0.3) is 0 Å². The van der Waals surface area contributed by atoms with E-state index < -0.39 is 8.32 Å². The van der Waals surface area contributed by atoms with Crippen molar-refractivity contribution in [1.29, 1.82) is 0 Å². The van der Waals surface area contributed by atoms with Gasteiger partial charge < -0.3 is 14.8 Å². The van der Waals surface area contributed by atoms with Crippen LogP contribution in [0, 0.1) is 0 Å². The minimum Gasteiger partial charge on any atom is -0.416 e. The molecule has 0 bridgehead atoms. The summed E-state index contributed by atoms with van der Waals surface area (Å²) in [5.41, 5.74) is 0. The molecule has 0 aromatic rings. The Bertz CT molecular complexity index is 263. The van der Waals surface area contributed by atoms with Crippen LogP contribution in [-0.4, -0.2) is 38.7 Å². The van der Waals surface area contributed by atoms with Crippen molar-refractivity contribution in [3.63, 3.8) is 0 Å². The van der Waals surface area contributed by atoms with Gasteiger partial charge in [-0.25, -0.2) is 0 Å². The molecule has 0 aromatic heterocycles. The molecule has 1 aliphatic rings. The van der Waals surface area contributed by atoms with Gasteiger partial charge in [0.05, 0.1) is 6.10 Å². The Labute approximate surface area is 120 Å². The molecule has 2 N–H and O–H groups in total. The van der Waals surface area contributed by atoms with Crippen molar-refractivity contribution < 1.29 is 9.53 Å². The highest BCUT2D eigenvalue weighted by Gasteiger charge is 2.36. The second kappa shape index (κ2) is 7.20. The average Bonchev–Trinajstić information content (AvgIpc) is 2.47. The van der Waals surface area contributed by atoms with Gasteiger partial charge in [0.15, 0.2) is 8.32 Å². The lowest BCUT2D eigenvalue weighted by Gasteiger charge is -2.36. The highest BCUT2D eigenvalue weighted by molar-refractivity contribution is 6.74. The molecule has 0 aliphatic heterocycles. The van der Waals surface area contributed by atoms with E-state index >= 15 is 0 Å². The number of hydrogen-bond donors (Lipinski definition) is 2. The maximum atomic E-state index is 9.79. The Morgan fingerprint density at radius 2 is 1.84 bits per heavy atom. The Morgan fingerprint density at radius 1 is 1.21 bits per heavy atom. The lowest BCUT2D eigenvalue weighted by atomic mass is 10.1. The van der Waals surface area contributed by atoms with Crippen molar-refractivity contribution >= 4 is 8.32 Å². The molecular formula is C15H33NO2Si. The number of aliphatic hydroxyl groups is 1. The second-order valence-corrected chi connectivity index (χ2v) is 12.2. The molecule has 0 spiro atoms. The van der Waals surface area contributed by atoms with Gasteiger partial charge in [0.2, 0.25) is 0 Å². The van der Waals surface area contributed by atoms with Crippen molar-refractivity contribution in [2.75, 3.05) is 13.2 Å². The molecule has 4 heteroatoms. The molecule has 1 fully saturated rings. The van der Waals surface area contributed by atoms with E-state index in [4.69, 9.17) is 4.43 Å². The SMILES string of the molecule is CC(C)(C)[Si](C)(C)OCCNC1CCCCC(O)C1. The lowest BCUT2D eigenvalue weighted by molar-refractivity contribution is 0.146. The Hall–Kier alpha value is 0.0969. The molecule has 1 rings (SSSR count). The van der Waals surface area contributed by atoms with Gasteiger partial charge in [0.25, 0.3) is 0 Å². The third-order valence-corrected chi connectivity index (χ3v) is 9.24. The average molecular weight is 288 g/mol. The minimum absolute atomic E-state index is 0.110. The van der Waals surface area contributed by atoms with Crippen LogP contribution in [0.1, 0.15) is 52.9 Å². The summed E-state index contributed by atoms with van der Waals surface area (Å²) < 4.78 is 6.16. The highest BCUT2D eigenvalue weighted by Crippen LogP contribution is 2.36. The van der Waals surface area contributed by atoms with E-state index in [1.165, 1.54) is 19.3 Å². The van der Waals surface area contributed by atoms with Crippen molar-refractivity contribution in [1.82, 2.24) is 5.32 Å². The zero-order chi connectivity index (χ0) is 14.5. The standard InChI is InChI=1S/C15H33NO2Si/c1-15(2,3)19(4,5)18-11-10-16-13-8-6-7-9-14(17)12-13/h13-14,16-17H,6-12H2,1-5H3. The molecule has 2 unspecified atom stereocenters. The van der Waals surface area contributed by atoms with Crippen LogP contribution in [0.3, 0.4) is 0 Å². The molecule has 3 nitrogen and oxygen atoms in total. The Kier molecular flexibility index (Phi) is 6.50. The smallest absolute Gasteiger partial charge is 0.192 e. The van der Waals surface area contributed by atoms with Gasteiger partial charge in [0.1, 0.15) is 0 Å². The van der Waals surface area contributed by atoms with E-state index in [-0.39, 0.29) is 11.1 Å². The van der Waals surface area contributed by atoms with Crippen molar-refractivity contribution in [3.05, 3.63) is 0 Å². The van der Waals surface area contributed by atoms with Crippen LogP contribution in [-0.2, 0) is 4.43 Å². The van der Waals surface area contributed by atoms with E-state index in [1.807, 2.05) is 0 Å². The van der Waals surface area contributed by atoms with Gasteiger partial charge in [-0.15, -0.1) is 0 Å². The summed E-state index contributed by atoms with van der Waals surface area (Å²) in [5, 5.41) is 13.6. The van der Waals surface area contributed by atoms with E-state index in [0.29, 0.717) is 6.04 Å². The summed E-state index contributed by atoms with van der Waals surface area (Å²) in [7, 11) is -1.60. The predicted molar refractivity (Wildman–Crippen MR) is 84.0 cm³/mol. The fourth-order valence-electron chi connectivity index (χ4n) is 2.31. The zero-order valence-corrected chi connectivity index (χ0v) is 14.5. The first-order valence-electron chi connectivity index (χ1n) is 7.78. The molecule has 0 amide bonds. The summed E-state index contributed by atoms with van der Waals surface area (Å²) in [4.78, 5) is 0. The minimum atomic E-state index is -1.60. The molecule has 1 aliphatic carbocycles. The van der Waals surface area contributed by atoms with Gasteiger partial charge in [-0.05, 0) is 37.4 Å². The van der Waals surface area contributed by atoms with Gasteiger partial charge in [-0.1, -0.05) is 33.6 Å².